The first kappa shape index (κ1) is 28.2. The van der Waals surface area contributed by atoms with Crippen LogP contribution >= 0.6 is 0 Å². The molecule has 35 heavy (non-hydrogen) atoms. The van der Waals surface area contributed by atoms with Gasteiger partial charge >= 0.3 is 12.1 Å². The van der Waals surface area contributed by atoms with Gasteiger partial charge in [0.2, 0.25) is 5.91 Å². The Kier molecular flexibility index (Phi) is 8.94. The topological polar surface area (TPSA) is 113 Å². The maximum atomic E-state index is 12.6. The average molecular weight is 515 g/mol. The summed E-state index contributed by atoms with van der Waals surface area (Å²) < 4.78 is 59.6. The number of hydrogen-bond acceptors (Lipinski definition) is 4. The molecule has 0 radical (unpaired) electrons. The molecule has 7 nitrogen and oxygen atoms in total. The van der Waals surface area contributed by atoms with Gasteiger partial charge in [0.25, 0.3) is 10.0 Å². The van der Waals surface area contributed by atoms with Crippen LogP contribution in [0.1, 0.15) is 51.2 Å². The Bertz CT molecular complexity index is 1130. The summed E-state index contributed by atoms with van der Waals surface area (Å²) in [5.74, 6) is -2.71. The zero-order valence-electron chi connectivity index (χ0n) is 19.6. The lowest BCUT2D eigenvalue weighted by molar-refractivity contribution is -0.192. The largest absolute Gasteiger partial charge is 0.490 e. The van der Waals surface area contributed by atoms with Crippen molar-refractivity contribution in [1.29, 1.82) is 0 Å². The molecule has 0 spiro atoms. The van der Waals surface area contributed by atoms with Crippen LogP contribution in [0.2, 0.25) is 0 Å². The fourth-order valence-corrected chi connectivity index (χ4v) is 4.43. The molecule has 0 unspecified atom stereocenters. The minimum Gasteiger partial charge on any atom is -0.475 e. The summed E-state index contributed by atoms with van der Waals surface area (Å²) in [4.78, 5) is 21.6. The molecule has 0 bridgehead atoms. The van der Waals surface area contributed by atoms with Crippen molar-refractivity contribution < 1.29 is 36.3 Å². The van der Waals surface area contributed by atoms with E-state index in [0.29, 0.717) is 5.69 Å². The lowest BCUT2D eigenvalue weighted by atomic mass is 9.94. The number of benzene rings is 2. The lowest BCUT2D eigenvalue weighted by Gasteiger charge is -2.18. The molecule has 3 N–H and O–H groups in total. The van der Waals surface area contributed by atoms with E-state index in [-0.39, 0.29) is 16.8 Å². The minimum absolute atomic E-state index is 0.0444. The number of rotatable bonds is 8. The van der Waals surface area contributed by atoms with Crippen LogP contribution in [0.15, 0.2) is 53.4 Å². The number of nitrogens with one attached hydrogen (secondary N) is 2. The second-order valence-corrected chi connectivity index (χ2v) is 10.3. The summed E-state index contributed by atoms with van der Waals surface area (Å²) in [6, 6.07) is 14.2. The number of aryl methyl sites for hydroxylation is 1. The second kappa shape index (κ2) is 11.1. The highest BCUT2D eigenvalue weighted by molar-refractivity contribution is 7.92. The molecule has 3 rings (SSSR count). The molecule has 0 heterocycles. The molecule has 192 valence electrons. The monoisotopic (exact) mass is 514 g/mol. The fraction of sp³-hybridized carbons (Fsp3) is 0.417. The number of carbonyl (C=O) groups excluding carboxylic acids is 1. The highest BCUT2D eigenvalue weighted by atomic mass is 32.2. The maximum Gasteiger partial charge on any atom is 0.490 e. The third-order valence-electron chi connectivity index (χ3n) is 5.31. The predicted molar refractivity (Wildman–Crippen MR) is 126 cm³/mol. The quantitative estimate of drug-likeness (QED) is 0.476. The molecule has 2 aromatic rings. The summed E-state index contributed by atoms with van der Waals surface area (Å²) in [7, 11) is -3.64. The molecule has 2 aromatic carbocycles. The number of amides is 1. The van der Waals surface area contributed by atoms with Gasteiger partial charge in [-0.3, -0.25) is 9.52 Å². The minimum atomic E-state index is -5.08. The Balaban J connectivity index is 0.000000540. The second-order valence-electron chi connectivity index (χ2n) is 8.59. The van der Waals surface area contributed by atoms with Crippen molar-refractivity contribution in [1.82, 2.24) is 5.32 Å². The van der Waals surface area contributed by atoms with Crippen LogP contribution in [-0.4, -0.2) is 37.6 Å². The Hall–Kier alpha value is -3.08. The first-order chi connectivity index (χ1) is 16.2. The van der Waals surface area contributed by atoms with Crippen molar-refractivity contribution >= 4 is 27.6 Å². The van der Waals surface area contributed by atoms with E-state index in [9.17, 15) is 26.4 Å². The van der Waals surface area contributed by atoms with Gasteiger partial charge in [0, 0.05) is 11.7 Å². The first-order valence-corrected chi connectivity index (χ1v) is 12.5. The molecule has 0 saturated heterocycles. The van der Waals surface area contributed by atoms with E-state index in [1.54, 1.807) is 24.3 Å². The van der Waals surface area contributed by atoms with Crippen LogP contribution in [0.25, 0.3) is 0 Å². The molecule has 11 heteroatoms. The van der Waals surface area contributed by atoms with Crippen molar-refractivity contribution in [2.24, 2.45) is 0 Å². The molecule has 0 aliphatic heterocycles. The van der Waals surface area contributed by atoms with E-state index >= 15 is 0 Å². The van der Waals surface area contributed by atoms with E-state index in [0.717, 1.165) is 36.8 Å². The van der Waals surface area contributed by atoms with Crippen molar-refractivity contribution in [3.63, 3.8) is 0 Å². The van der Waals surface area contributed by atoms with Crippen molar-refractivity contribution in [3.05, 3.63) is 59.7 Å². The summed E-state index contributed by atoms with van der Waals surface area (Å²) in [6.45, 7) is 5.98. The van der Waals surface area contributed by atoms with Crippen molar-refractivity contribution in [2.45, 2.75) is 69.0 Å². The molecule has 1 fully saturated rings. The Labute approximate surface area is 202 Å². The van der Waals surface area contributed by atoms with Gasteiger partial charge in [0.15, 0.2) is 0 Å². The summed E-state index contributed by atoms with van der Waals surface area (Å²) in [5, 5.41) is 10.1. The highest BCUT2D eigenvalue weighted by Crippen LogP contribution is 2.48. The number of alkyl halides is 3. The molecule has 0 atom stereocenters. The highest BCUT2D eigenvalue weighted by Gasteiger charge is 2.51. The Morgan fingerprint density at radius 1 is 1.03 bits per heavy atom. The van der Waals surface area contributed by atoms with Crippen LogP contribution in [0.3, 0.4) is 0 Å². The lowest BCUT2D eigenvalue weighted by Crippen LogP contribution is -2.38. The number of halogens is 3. The van der Waals surface area contributed by atoms with Gasteiger partial charge in [-0.25, -0.2) is 13.2 Å². The third-order valence-corrected chi connectivity index (χ3v) is 6.71. The van der Waals surface area contributed by atoms with Gasteiger partial charge < -0.3 is 10.4 Å². The zero-order chi connectivity index (χ0) is 26.4. The van der Waals surface area contributed by atoms with Gasteiger partial charge in [0.05, 0.1) is 10.3 Å². The molecule has 1 aliphatic carbocycles. The predicted octanol–water partition coefficient (Wildman–Crippen LogP) is 4.63. The SMILES string of the molecule is CCCc1ccc(S(=O)(=O)Nc2ccc(C3(C(=O)NC(C)C)CC3)cc2)cc1.O=C(O)C(F)(F)F. The van der Waals surface area contributed by atoms with E-state index < -0.39 is 27.6 Å². The van der Waals surface area contributed by atoms with Crippen LogP contribution in [0.4, 0.5) is 18.9 Å². The molecule has 1 amide bonds. The molecular formula is C24H29F3N2O5S. The zero-order valence-corrected chi connectivity index (χ0v) is 20.5. The summed E-state index contributed by atoms with van der Waals surface area (Å²) in [6.07, 6.45) is -1.49. The van der Waals surface area contributed by atoms with Gasteiger partial charge in [-0.2, -0.15) is 13.2 Å². The standard InChI is InChI=1S/C22H28N2O3S.C2HF3O2/c1-4-5-17-6-12-20(13-7-17)28(26,27)24-19-10-8-18(9-11-19)22(14-15-22)21(25)23-16(2)3;3-2(4,5)1(6)7/h6-13,16,24H,4-5,14-15H2,1-3H3,(H,23,25);(H,6,7). The number of sulfonamides is 1. The van der Waals surface area contributed by atoms with E-state index in [1.165, 1.54) is 0 Å². The van der Waals surface area contributed by atoms with Gasteiger partial charge in [0.1, 0.15) is 0 Å². The Morgan fingerprint density at radius 3 is 1.94 bits per heavy atom. The van der Waals surface area contributed by atoms with Crippen molar-refractivity contribution in [2.75, 3.05) is 4.72 Å². The van der Waals surface area contributed by atoms with Crippen LogP contribution in [0.5, 0.6) is 0 Å². The van der Waals surface area contributed by atoms with Crippen LogP contribution in [-0.2, 0) is 31.4 Å². The Morgan fingerprint density at radius 2 is 1.54 bits per heavy atom. The third kappa shape index (κ3) is 7.71. The smallest absolute Gasteiger partial charge is 0.475 e. The van der Waals surface area contributed by atoms with Gasteiger partial charge in [-0.1, -0.05) is 37.6 Å². The number of anilines is 1. The number of aliphatic carboxylic acids is 1. The van der Waals surface area contributed by atoms with E-state index in [4.69, 9.17) is 9.90 Å². The number of hydrogen-bond donors (Lipinski definition) is 3. The molecular weight excluding hydrogens is 485 g/mol. The molecule has 1 aliphatic rings. The number of carboxylic acid groups (broad SMARTS) is 1. The average Bonchev–Trinajstić information content (AvgIpc) is 3.56. The van der Waals surface area contributed by atoms with Gasteiger partial charge in [-0.05, 0) is 68.5 Å². The van der Waals surface area contributed by atoms with E-state index in [2.05, 4.69) is 17.0 Å². The molecule has 1 saturated carbocycles. The van der Waals surface area contributed by atoms with E-state index in [1.807, 2.05) is 38.1 Å². The number of carboxylic acids is 1. The summed E-state index contributed by atoms with van der Waals surface area (Å²) in [5.41, 5.74) is 2.08. The van der Waals surface area contributed by atoms with Crippen molar-refractivity contribution in [3.8, 4) is 0 Å². The summed E-state index contributed by atoms with van der Waals surface area (Å²) >= 11 is 0. The normalized spacial score (nSPS) is 14.5. The molecule has 0 aromatic heterocycles. The fourth-order valence-electron chi connectivity index (χ4n) is 3.37. The maximum absolute atomic E-state index is 12.6. The van der Waals surface area contributed by atoms with Crippen LogP contribution < -0.4 is 10.0 Å². The van der Waals surface area contributed by atoms with Gasteiger partial charge in [-0.15, -0.1) is 0 Å². The van der Waals surface area contributed by atoms with Crippen LogP contribution in [0, 0.1) is 0 Å². The number of carbonyl (C=O) groups is 2. The first-order valence-electron chi connectivity index (χ1n) is 11.0.